The standard InChI is InChI=1S/C21H25NO6/c1-2-27-21(26)17-16(20(25)28-13-14-9-5-3-6-10-14)18(23)19(24)22(17)15-11-7-4-8-12-15/h3,5-6,9-10,15,17,23H,2,4,7-8,11-13H2,1H3/t17-/m1/s1. The van der Waals surface area contributed by atoms with E-state index in [1.807, 2.05) is 18.2 Å². The van der Waals surface area contributed by atoms with Crippen LogP contribution in [0.1, 0.15) is 44.6 Å². The summed E-state index contributed by atoms with van der Waals surface area (Å²) in [7, 11) is 0. The molecule has 1 aliphatic heterocycles. The molecular weight excluding hydrogens is 362 g/mol. The van der Waals surface area contributed by atoms with Gasteiger partial charge < -0.3 is 19.5 Å². The van der Waals surface area contributed by atoms with Gasteiger partial charge >= 0.3 is 11.9 Å². The monoisotopic (exact) mass is 387 g/mol. The molecule has 1 aliphatic carbocycles. The predicted octanol–water partition coefficient (Wildman–Crippen LogP) is 2.65. The molecule has 1 saturated carbocycles. The normalized spacial score (nSPS) is 20.4. The number of benzene rings is 1. The van der Waals surface area contributed by atoms with E-state index >= 15 is 0 Å². The molecule has 0 saturated heterocycles. The van der Waals surface area contributed by atoms with Crippen LogP contribution in [0.4, 0.5) is 0 Å². The summed E-state index contributed by atoms with van der Waals surface area (Å²) in [6, 6.07) is 7.57. The van der Waals surface area contributed by atoms with Crippen LogP contribution in [-0.2, 0) is 30.5 Å². The lowest BCUT2D eigenvalue weighted by atomic mass is 9.93. The van der Waals surface area contributed by atoms with Crippen molar-refractivity contribution in [3.63, 3.8) is 0 Å². The van der Waals surface area contributed by atoms with Gasteiger partial charge in [-0.1, -0.05) is 49.6 Å². The molecule has 1 aromatic rings. The third-order valence-corrected chi connectivity index (χ3v) is 5.15. The molecule has 1 N–H and O–H groups in total. The summed E-state index contributed by atoms with van der Waals surface area (Å²) < 4.78 is 10.4. The van der Waals surface area contributed by atoms with E-state index in [0.29, 0.717) is 0 Å². The highest BCUT2D eigenvalue weighted by Crippen LogP contribution is 2.34. The van der Waals surface area contributed by atoms with Gasteiger partial charge in [-0.2, -0.15) is 0 Å². The second-order valence-electron chi connectivity index (χ2n) is 6.98. The number of aliphatic hydroxyl groups is 1. The fraction of sp³-hybridized carbons (Fsp3) is 0.476. The Balaban J connectivity index is 1.84. The molecule has 150 valence electrons. The molecule has 1 aromatic carbocycles. The van der Waals surface area contributed by atoms with E-state index in [-0.39, 0.29) is 24.8 Å². The number of carbonyl (C=O) groups is 3. The van der Waals surface area contributed by atoms with Gasteiger partial charge in [-0.25, -0.2) is 9.59 Å². The highest BCUT2D eigenvalue weighted by atomic mass is 16.5. The summed E-state index contributed by atoms with van der Waals surface area (Å²) in [5.41, 5.74) is 0.432. The van der Waals surface area contributed by atoms with Gasteiger partial charge in [-0.05, 0) is 25.3 Å². The lowest BCUT2D eigenvalue weighted by molar-refractivity contribution is -0.155. The van der Waals surface area contributed by atoms with Crippen molar-refractivity contribution in [3.05, 3.63) is 47.2 Å². The molecule has 0 aromatic heterocycles. The maximum Gasteiger partial charge on any atom is 0.341 e. The fourth-order valence-corrected chi connectivity index (χ4v) is 3.82. The molecule has 2 aliphatic rings. The van der Waals surface area contributed by atoms with Crippen LogP contribution in [-0.4, -0.2) is 46.5 Å². The first-order chi connectivity index (χ1) is 13.5. The van der Waals surface area contributed by atoms with Crippen LogP contribution in [0.5, 0.6) is 0 Å². The number of amides is 1. The topological polar surface area (TPSA) is 93.1 Å². The average molecular weight is 387 g/mol. The summed E-state index contributed by atoms with van der Waals surface area (Å²) in [5.74, 6) is -3.04. The van der Waals surface area contributed by atoms with Gasteiger partial charge in [0.2, 0.25) is 0 Å². The molecule has 1 amide bonds. The van der Waals surface area contributed by atoms with Crippen LogP contribution in [0.25, 0.3) is 0 Å². The Morgan fingerprint density at radius 2 is 1.79 bits per heavy atom. The molecule has 0 bridgehead atoms. The third-order valence-electron chi connectivity index (χ3n) is 5.15. The minimum absolute atomic E-state index is 0.0242. The number of nitrogens with zero attached hydrogens (tertiary/aromatic N) is 1. The zero-order valence-corrected chi connectivity index (χ0v) is 15.9. The van der Waals surface area contributed by atoms with Crippen LogP contribution < -0.4 is 0 Å². The Labute approximate surface area is 163 Å². The number of hydrogen-bond donors (Lipinski definition) is 1. The number of esters is 2. The van der Waals surface area contributed by atoms with Crippen molar-refractivity contribution < 1.29 is 29.0 Å². The fourth-order valence-electron chi connectivity index (χ4n) is 3.82. The van der Waals surface area contributed by atoms with E-state index in [0.717, 1.165) is 37.7 Å². The Morgan fingerprint density at radius 3 is 2.43 bits per heavy atom. The van der Waals surface area contributed by atoms with E-state index in [2.05, 4.69) is 0 Å². The first-order valence-corrected chi connectivity index (χ1v) is 9.68. The predicted molar refractivity (Wildman–Crippen MR) is 100 cm³/mol. The smallest absolute Gasteiger partial charge is 0.341 e. The zero-order valence-electron chi connectivity index (χ0n) is 15.9. The van der Waals surface area contributed by atoms with Crippen molar-refractivity contribution in [1.82, 2.24) is 4.90 Å². The maximum atomic E-state index is 12.7. The zero-order chi connectivity index (χ0) is 20.1. The van der Waals surface area contributed by atoms with Gasteiger partial charge in [-0.3, -0.25) is 4.79 Å². The second-order valence-corrected chi connectivity index (χ2v) is 6.98. The van der Waals surface area contributed by atoms with Crippen molar-refractivity contribution >= 4 is 17.8 Å². The number of aliphatic hydroxyl groups excluding tert-OH is 1. The Bertz CT molecular complexity index is 766. The summed E-state index contributed by atoms with van der Waals surface area (Å²) in [6.07, 6.45) is 4.37. The van der Waals surface area contributed by atoms with Crippen molar-refractivity contribution in [2.24, 2.45) is 0 Å². The van der Waals surface area contributed by atoms with Crippen LogP contribution in [0.3, 0.4) is 0 Å². The van der Waals surface area contributed by atoms with Gasteiger partial charge in [0.1, 0.15) is 12.2 Å². The van der Waals surface area contributed by atoms with Crippen molar-refractivity contribution in [2.45, 2.75) is 57.7 Å². The van der Waals surface area contributed by atoms with E-state index in [4.69, 9.17) is 9.47 Å². The first kappa shape index (κ1) is 19.9. The van der Waals surface area contributed by atoms with Crippen molar-refractivity contribution in [3.8, 4) is 0 Å². The number of carbonyl (C=O) groups excluding carboxylic acids is 3. The van der Waals surface area contributed by atoms with Crippen LogP contribution in [0.15, 0.2) is 41.7 Å². The SMILES string of the molecule is CCOC(=O)[C@H]1C(C(=O)OCc2ccccc2)=C(O)C(=O)N1C1CCCCC1. The minimum atomic E-state index is -1.26. The highest BCUT2D eigenvalue weighted by molar-refractivity contribution is 6.11. The summed E-state index contributed by atoms with van der Waals surface area (Å²) in [4.78, 5) is 39.3. The van der Waals surface area contributed by atoms with E-state index < -0.39 is 29.6 Å². The van der Waals surface area contributed by atoms with Gasteiger partial charge in [-0.15, -0.1) is 0 Å². The molecular formula is C21H25NO6. The number of ether oxygens (including phenoxy) is 2. The first-order valence-electron chi connectivity index (χ1n) is 9.68. The largest absolute Gasteiger partial charge is 0.503 e. The second kappa shape index (κ2) is 8.91. The lowest BCUT2D eigenvalue weighted by Crippen LogP contribution is -2.49. The maximum absolute atomic E-state index is 12.7. The van der Waals surface area contributed by atoms with E-state index in [1.165, 1.54) is 4.90 Å². The molecule has 7 nitrogen and oxygen atoms in total. The quantitative estimate of drug-likeness (QED) is 0.755. The molecule has 1 atom stereocenters. The van der Waals surface area contributed by atoms with Crippen LogP contribution >= 0.6 is 0 Å². The van der Waals surface area contributed by atoms with Gasteiger partial charge in [0.25, 0.3) is 5.91 Å². The van der Waals surface area contributed by atoms with E-state index in [9.17, 15) is 19.5 Å². The summed E-state index contributed by atoms with van der Waals surface area (Å²) in [5, 5.41) is 10.4. The lowest BCUT2D eigenvalue weighted by Gasteiger charge is -2.34. The van der Waals surface area contributed by atoms with E-state index in [1.54, 1.807) is 19.1 Å². The molecule has 0 radical (unpaired) electrons. The highest BCUT2D eigenvalue weighted by Gasteiger charge is 2.50. The Morgan fingerprint density at radius 1 is 1.11 bits per heavy atom. The van der Waals surface area contributed by atoms with Gasteiger partial charge in [0.15, 0.2) is 11.8 Å². The van der Waals surface area contributed by atoms with Crippen LogP contribution in [0, 0.1) is 0 Å². The summed E-state index contributed by atoms with van der Waals surface area (Å²) in [6.45, 7) is 1.73. The molecule has 28 heavy (non-hydrogen) atoms. The third kappa shape index (κ3) is 4.03. The molecule has 7 heteroatoms. The number of hydrogen-bond acceptors (Lipinski definition) is 6. The minimum Gasteiger partial charge on any atom is -0.503 e. The van der Waals surface area contributed by atoms with Crippen molar-refractivity contribution in [1.29, 1.82) is 0 Å². The molecule has 3 rings (SSSR count). The van der Waals surface area contributed by atoms with Gasteiger partial charge in [0.05, 0.1) is 6.61 Å². The Kier molecular flexibility index (Phi) is 6.34. The molecule has 0 spiro atoms. The molecule has 1 heterocycles. The van der Waals surface area contributed by atoms with Gasteiger partial charge in [0, 0.05) is 6.04 Å². The molecule has 1 fully saturated rings. The van der Waals surface area contributed by atoms with Crippen LogP contribution in [0.2, 0.25) is 0 Å². The molecule has 0 unspecified atom stereocenters. The number of rotatable bonds is 6. The van der Waals surface area contributed by atoms with Crippen molar-refractivity contribution in [2.75, 3.05) is 6.61 Å². The average Bonchev–Trinajstić information content (AvgIpc) is 2.99. The Hall–Kier alpha value is -2.83. The summed E-state index contributed by atoms with van der Waals surface area (Å²) >= 11 is 0.